The van der Waals surface area contributed by atoms with E-state index in [1.54, 1.807) is 6.07 Å². The summed E-state index contributed by atoms with van der Waals surface area (Å²) in [6.07, 6.45) is 1.82. The minimum Gasteiger partial charge on any atom is -0.493 e. The maximum atomic E-state index is 12.9. The van der Waals surface area contributed by atoms with Gasteiger partial charge in [0.15, 0.2) is 5.82 Å². The van der Waals surface area contributed by atoms with Gasteiger partial charge in [-0.1, -0.05) is 53.3 Å². The Morgan fingerprint density at radius 3 is 2.73 bits per heavy atom. The Kier molecular flexibility index (Phi) is 4.44. The van der Waals surface area contributed by atoms with Crippen molar-refractivity contribution in [1.82, 2.24) is 14.6 Å². The molecule has 2 aromatic carbocycles. The SMILES string of the molecule is CCOc1ccccc1/C=c1/sc2nnc(-c3ccccc3Cl)n2c1=O. The molecular formula is C19H14ClN3O2S. The lowest BCUT2D eigenvalue weighted by atomic mass is 10.2. The predicted octanol–water partition coefficient (Wildman–Crippen LogP) is 3.42. The lowest BCUT2D eigenvalue weighted by molar-refractivity contribution is 0.339. The van der Waals surface area contributed by atoms with E-state index in [0.717, 1.165) is 11.3 Å². The van der Waals surface area contributed by atoms with E-state index >= 15 is 0 Å². The van der Waals surface area contributed by atoms with Gasteiger partial charge in [-0.05, 0) is 31.2 Å². The van der Waals surface area contributed by atoms with Crippen LogP contribution >= 0.6 is 22.9 Å². The second-order valence-corrected chi connectivity index (χ2v) is 6.92. The van der Waals surface area contributed by atoms with Gasteiger partial charge in [-0.2, -0.15) is 0 Å². The molecule has 0 atom stereocenters. The fraction of sp³-hybridized carbons (Fsp3) is 0.105. The summed E-state index contributed by atoms with van der Waals surface area (Å²) in [4.78, 5) is 13.5. The minimum atomic E-state index is -0.170. The monoisotopic (exact) mass is 383 g/mol. The van der Waals surface area contributed by atoms with Crippen LogP contribution in [-0.2, 0) is 0 Å². The van der Waals surface area contributed by atoms with Crippen molar-refractivity contribution in [2.45, 2.75) is 6.92 Å². The van der Waals surface area contributed by atoms with Crippen LogP contribution in [0.2, 0.25) is 5.02 Å². The lowest BCUT2D eigenvalue weighted by Crippen LogP contribution is -2.23. The Hall–Kier alpha value is -2.70. The van der Waals surface area contributed by atoms with Crippen molar-refractivity contribution in [1.29, 1.82) is 0 Å². The van der Waals surface area contributed by atoms with Gasteiger partial charge in [0, 0.05) is 11.1 Å². The van der Waals surface area contributed by atoms with Crippen LogP contribution in [0, 0.1) is 0 Å². The van der Waals surface area contributed by atoms with Crippen molar-refractivity contribution in [3.63, 3.8) is 0 Å². The third-order valence-corrected chi connectivity index (χ3v) is 5.16. The van der Waals surface area contributed by atoms with Crippen LogP contribution in [0.4, 0.5) is 0 Å². The van der Waals surface area contributed by atoms with Gasteiger partial charge < -0.3 is 4.74 Å². The fourth-order valence-corrected chi connectivity index (χ4v) is 3.83. The molecule has 130 valence electrons. The second-order valence-electron chi connectivity index (χ2n) is 5.51. The van der Waals surface area contributed by atoms with Gasteiger partial charge in [0.2, 0.25) is 4.96 Å². The average molecular weight is 384 g/mol. The molecule has 2 heterocycles. The first-order valence-corrected chi connectivity index (χ1v) is 9.25. The van der Waals surface area contributed by atoms with Crippen LogP contribution in [0.1, 0.15) is 12.5 Å². The number of hydrogen-bond acceptors (Lipinski definition) is 5. The zero-order chi connectivity index (χ0) is 18.1. The van der Waals surface area contributed by atoms with Crippen LogP contribution in [0.5, 0.6) is 5.75 Å². The van der Waals surface area contributed by atoms with Gasteiger partial charge >= 0.3 is 0 Å². The summed E-state index contributed by atoms with van der Waals surface area (Å²) >= 11 is 7.55. The summed E-state index contributed by atoms with van der Waals surface area (Å²) in [5.74, 6) is 1.19. The summed E-state index contributed by atoms with van der Waals surface area (Å²) in [6.45, 7) is 2.49. The standard InChI is InChI=1S/C19H14ClN3O2S/c1-2-25-15-10-6-3-7-12(15)11-16-18(24)23-17(21-22-19(23)26-16)13-8-4-5-9-14(13)20/h3-11H,2H2,1H3/b16-11+. The van der Waals surface area contributed by atoms with E-state index in [0.29, 0.717) is 32.5 Å². The van der Waals surface area contributed by atoms with Crippen LogP contribution in [0.25, 0.3) is 22.4 Å². The van der Waals surface area contributed by atoms with Gasteiger partial charge in [0.25, 0.3) is 5.56 Å². The van der Waals surface area contributed by atoms with Crippen LogP contribution in [0.3, 0.4) is 0 Å². The predicted molar refractivity (Wildman–Crippen MR) is 104 cm³/mol. The maximum Gasteiger partial charge on any atom is 0.276 e. The van der Waals surface area contributed by atoms with Gasteiger partial charge in [-0.15, -0.1) is 10.2 Å². The summed E-state index contributed by atoms with van der Waals surface area (Å²) in [6, 6.07) is 14.9. The van der Waals surface area contributed by atoms with E-state index in [-0.39, 0.29) is 5.56 Å². The Morgan fingerprint density at radius 2 is 1.92 bits per heavy atom. The highest BCUT2D eigenvalue weighted by Crippen LogP contribution is 2.26. The highest BCUT2D eigenvalue weighted by atomic mass is 35.5. The number of nitrogens with zero attached hydrogens (tertiary/aromatic N) is 3. The molecule has 0 radical (unpaired) electrons. The van der Waals surface area contributed by atoms with E-state index in [9.17, 15) is 4.79 Å². The molecule has 0 amide bonds. The van der Waals surface area contributed by atoms with Crippen LogP contribution in [0.15, 0.2) is 53.3 Å². The first kappa shape index (κ1) is 16.8. The lowest BCUT2D eigenvalue weighted by Gasteiger charge is -2.05. The number of rotatable bonds is 4. The summed E-state index contributed by atoms with van der Waals surface area (Å²) < 4.78 is 7.70. The average Bonchev–Trinajstić information content (AvgIpc) is 3.18. The third kappa shape index (κ3) is 2.87. The topological polar surface area (TPSA) is 56.5 Å². The van der Waals surface area contributed by atoms with Crippen molar-refractivity contribution < 1.29 is 4.74 Å². The molecule has 2 aromatic heterocycles. The molecule has 0 aliphatic rings. The number of thiazole rings is 1. The van der Waals surface area contributed by atoms with Crippen molar-refractivity contribution >= 4 is 34.0 Å². The summed E-state index contributed by atoms with van der Waals surface area (Å²) in [5.41, 5.74) is 1.36. The molecule has 26 heavy (non-hydrogen) atoms. The Labute approximate surface area is 158 Å². The molecule has 0 N–H and O–H groups in total. The quantitative estimate of drug-likeness (QED) is 0.542. The molecule has 4 aromatic rings. The van der Waals surface area contributed by atoms with Gasteiger partial charge in [0.05, 0.1) is 16.2 Å². The Balaban J connectivity index is 1.91. The highest BCUT2D eigenvalue weighted by Gasteiger charge is 2.16. The largest absolute Gasteiger partial charge is 0.493 e. The third-order valence-electron chi connectivity index (χ3n) is 3.87. The number of ether oxygens (including phenoxy) is 1. The fourth-order valence-electron chi connectivity index (χ4n) is 2.71. The van der Waals surface area contributed by atoms with E-state index < -0.39 is 0 Å². The zero-order valence-corrected chi connectivity index (χ0v) is 15.4. The molecular weight excluding hydrogens is 370 g/mol. The number of benzene rings is 2. The molecule has 0 bridgehead atoms. The van der Waals surface area contributed by atoms with Gasteiger partial charge in [-0.3, -0.25) is 4.79 Å². The minimum absolute atomic E-state index is 0.170. The molecule has 0 spiro atoms. The van der Waals surface area contributed by atoms with Crippen molar-refractivity contribution in [2.75, 3.05) is 6.61 Å². The number of fused-ring (bicyclic) bond motifs is 1. The van der Waals surface area contributed by atoms with Crippen molar-refractivity contribution in [2.24, 2.45) is 0 Å². The molecule has 0 saturated heterocycles. The molecule has 7 heteroatoms. The van der Waals surface area contributed by atoms with Crippen molar-refractivity contribution in [3.05, 3.63) is 74.0 Å². The van der Waals surface area contributed by atoms with E-state index in [1.165, 1.54) is 15.7 Å². The van der Waals surface area contributed by atoms with E-state index in [1.807, 2.05) is 55.5 Å². The molecule has 4 rings (SSSR count). The van der Waals surface area contributed by atoms with Gasteiger partial charge in [0.1, 0.15) is 5.75 Å². The Morgan fingerprint density at radius 1 is 1.15 bits per heavy atom. The number of halogens is 1. The molecule has 0 unspecified atom stereocenters. The number of aromatic nitrogens is 3. The molecule has 0 fully saturated rings. The summed E-state index contributed by atoms with van der Waals surface area (Å²) in [7, 11) is 0. The number of hydrogen-bond donors (Lipinski definition) is 0. The highest BCUT2D eigenvalue weighted by molar-refractivity contribution is 7.15. The van der Waals surface area contributed by atoms with Crippen LogP contribution in [-0.4, -0.2) is 21.2 Å². The molecule has 0 saturated carbocycles. The summed E-state index contributed by atoms with van der Waals surface area (Å²) in [5, 5.41) is 8.81. The molecule has 5 nitrogen and oxygen atoms in total. The zero-order valence-electron chi connectivity index (χ0n) is 13.8. The molecule has 0 aliphatic heterocycles. The number of para-hydroxylation sites is 1. The first-order valence-electron chi connectivity index (χ1n) is 8.05. The second kappa shape index (κ2) is 6.90. The van der Waals surface area contributed by atoms with Crippen LogP contribution < -0.4 is 14.8 Å². The molecule has 0 aliphatic carbocycles. The van der Waals surface area contributed by atoms with E-state index in [2.05, 4.69) is 10.2 Å². The maximum absolute atomic E-state index is 12.9. The van der Waals surface area contributed by atoms with Crippen molar-refractivity contribution in [3.8, 4) is 17.1 Å². The van der Waals surface area contributed by atoms with Gasteiger partial charge in [-0.25, -0.2) is 4.40 Å². The Bertz CT molecular complexity index is 1200. The normalized spacial score (nSPS) is 12.0. The van der Waals surface area contributed by atoms with E-state index in [4.69, 9.17) is 16.3 Å². The smallest absolute Gasteiger partial charge is 0.276 e. The first-order chi connectivity index (χ1) is 12.7.